The van der Waals surface area contributed by atoms with E-state index in [2.05, 4.69) is 12.2 Å². The number of methoxy groups -OCH3 is 1. The number of carbonyl (C=O) groups is 4. The van der Waals surface area contributed by atoms with Crippen molar-refractivity contribution in [3.8, 4) is 5.75 Å². The molecule has 4 unspecified atom stereocenters. The van der Waals surface area contributed by atoms with Gasteiger partial charge in [-0.3, -0.25) is 19.3 Å². The zero-order valence-corrected chi connectivity index (χ0v) is 27.1. The van der Waals surface area contributed by atoms with Crippen molar-refractivity contribution >= 4 is 35.2 Å². The van der Waals surface area contributed by atoms with Crippen molar-refractivity contribution in [2.24, 2.45) is 0 Å². The van der Waals surface area contributed by atoms with Crippen LogP contribution in [-0.2, 0) is 20.9 Å². The van der Waals surface area contributed by atoms with E-state index in [9.17, 15) is 19.2 Å². The Morgan fingerprint density at radius 2 is 1.59 bits per heavy atom. The number of alkyl halides is 1. The number of rotatable bonds is 19. The second-order valence-corrected chi connectivity index (χ2v) is 11.6. The van der Waals surface area contributed by atoms with Crippen LogP contribution in [-0.4, -0.2) is 70.8 Å². The van der Waals surface area contributed by atoms with Gasteiger partial charge >= 0.3 is 6.03 Å². The number of nitrogens with one attached hydrogen (secondary N) is 1. The highest BCUT2D eigenvalue weighted by Gasteiger charge is 2.53. The highest BCUT2D eigenvalue weighted by Crippen LogP contribution is 2.27. The Labute approximate surface area is 266 Å². The summed E-state index contributed by atoms with van der Waals surface area (Å²) < 4.78 is 10.9. The molecule has 1 saturated heterocycles. The average molecular weight is 628 g/mol. The quantitative estimate of drug-likeness (QED) is 0.0642. The molecule has 4 atom stereocenters. The van der Waals surface area contributed by atoms with E-state index in [1.54, 1.807) is 19.1 Å². The van der Waals surface area contributed by atoms with Gasteiger partial charge in [0.2, 0.25) is 6.23 Å². The van der Waals surface area contributed by atoms with Crippen LogP contribution in [0.25, 0.3) is 0 Å². The van der Waals surface area contributed by atoms with Crippen LogP contribution in [0.5, 0.6) is 5.75 Å². The molecule has 2 aromatic carbocycles. The largest absolute Gasteiger partial charge is 0.497 e. The number of benzene rings is 2. The number of halogens is 1. The third-order valence-corrected chi connectivity index (χ3v) is 8.39. The summed E-state index contributed by atoms with van der Waals surface area (Å²) in [5.41, 5.74) is 0.928. The molecule has 44 heavy (non-hydrogen) atoms. The maximum absolute atomic E-state index is 14.0. The number of hydrogen-bond donors (Lipinski definition) is 1. The summed E-state index contributed by atoms with van der Waals surface area (Å²) in [5, 5.41) is 2.54. The van der Waals surface area contributed by atoms with Crippen molar-refractivity contribution < 1.29 is 28.7 Å². The molecule has 1 N–H and O–H groups in total. The monoisotopic (exact) mass is 627 g/mol. The van der Waals surface area contributed by atoms with Crippen LogP contribution < -0.4 is 10.1 Å². The van der Waals surface area contributed by atoms with Crippen LogP contribution in [0.4, 0.5) is 4.79 Å². The molecule has 240 valence electrons. The number of nitrogens with zero attached hydrogens (tertiary/aromatic N) is 2. The fraction of sp³-hybridized carbons (Fsp3) is 0.529. The Kier molecular flexibility index (Phi) is 14.1. The summed E-state index contributed by atoms with van der Waals surface area (Å²) >= 11 is 6.77. The van der Waals surface area contributed by atoms with Crippen LogP contribution >= 0.6 is 11.6 Å². The third-order valence-electron chi connectivity index (χ3n) is 7.87. The van der Waals surface area contributed by atoms with Crippen molar-refractivity contribution in [3.63, 3.8) is 0 Å². The van der Waals surface area contributed by atoms with E-state index >= 15 is 0 Å². The van der Waals surface area contributed by atoms with Crippen LogP contribution in [0.3, 0.4) is 0 Å². The summed E-state index contributed by atoms with van der Waals surface area (Å²) in [6.07, 6.45) is 6.63. The standard InChI is InChI=1S/C34H46ClN3O6/c1-5-8-9-10-11-15-18-27(35)28(6-2)36-31(40)29(30(39)25-19-21-26(43-4)22-20-25)38-32(41)33(44-7-3)37(34(38)42)23-24-16-13-12-14-17-24/h12-14,16-17,19-22,27-29,33H,5-11,15,18,23H2,1-4H3,(H,36,40). The first-order valence-corrected chi connectivity index (χ1v) is 16.1. The molecule has 0 bridgehead atoms. The lowest BCUT2D eigenvalue weighted by Crippen LogP contribution is -2.57. The zero-order chi connectivity index (χ0) is 32.1. The molecule has 1 heterocycles. The minimum Gasteiger partial charge on any atom is -0.497 e. The van der Waals surface area contributed by atoms with Gasteiger partial charge in [0.1, 0.15) is 5.75 Å². The zero-order valence-electron chi connectivity index (χ0n) is 26.3. The van der Waals surface area contributed by atoms with E-state index in [4.69, 9.17) is 21.1 Å². The van der Waals surface area contributed by atoms with E-state index in [0.29, 0.717) is 18.6 Å². The Hall–Kier alpha value is -3.43. The van der Waals surface area contributed by atoms with Crippen molar-refractivity contribution in [1.29, 1.82) is 0 Å². The van der Waals surface area contributed by atoms with Crippen molar-refractivity contribution in [2.75, 3.05) is 13.7 Å². The fourth-order valence-electron chi connectivity index (χ4n) is 5.37. The Morgan fingerprint density at radius 1 is 0.932 bits per heavy atom. The summed E-state index contributed by atoms with van der Waals surface area (Å²) in [7, 11) is 1.50. The van der Waals surface area contributed by atoms with Crippen LogP contribution in [0.15, 0.2) is 54.6 Å². The van der Waals surface area contributed by atoms with Gasteiger partial charge in [-0.15, -0.1) is 11.6 Å². The number of carbonyl (C=O) groups excluding carboxylic acids is 4. The molecule has 0 aromatic heterocycles. The lowest BCUT2D eigenvalue weighted by Gasteiger charge is -2.28. The second-order valence-electron chi connectivity index (χ2n) is 11.0. The predicted molar refractivity (Wildman–Crippen MR) is 171 cm³/mol. The lowest BCUT2D eigenvalue weighted by atomic mass is 9.99. The van der Waals surface area contributed by atoms with Crippen LogP contribution in [0.2, 0.25) is 0 Å². The molecule has 9 nitrogen and oxygen atoms in total. The van der Waals surface area contributed by atoms with Gasteiger partial charge in [0.05, 0.1) is 19.0 Å². The molecule has 4 amide bonds. The number of unbranched alkanes of at least 4 members (excludes halogenated alkanes) is 5. The molecule has 2 aromatic rings. The minimum atomic E-state index is -1.75. The smallest absolute Gasteiger partial charge is 0.330 e. The topological polar surface area (TPSA) is 105 Å². The third kappa shape index (κ3) is 9.05. The van der Waals surface area contributed by atoms with E-state index in [0.717, 1.165) is 29.7 Å². The number of amides is 4. The van der Waals surface area contributed by atoms with Gasteiger partial charge in [0, 0.05) is 18.2 Å². The minimum absolute atomic E-state index is 0.0667. The number of hydrogen-bond acceptors (Lipinski definition) is 6. The molecular weight excluding hydrogens is 582 g/mol. The van der Waals surface area contributed by atoms with Gasteiger partial charge < -0.3 is 14.8 Å². The maximum atomic E-state index is 14.0. The normalized spacial score (nSPS) is 17.0. The number of ether oxygens (including phenoxy) is 2. The maximum Gasteiger partial charge on any atom is 0.330 e. The highest BCUT2D eigenvalue weighted by atomic mass is 35.5. The van der Waals surface area contributed by atoms with Gasteiger partial charge in [-0.25, -0.2) is 9.69 Å². The first-order valence-electron chi connectivity index (χ1n) is 15.7. The molecule has 1 aliphatic heterocycles. The first kappa shape index (κ1) is 35.1. The summed E-state index contributed by atoms with van der Waals surface area (Å²) in [6, 6.07) is 12.4. The SMILES string of the molecule is CCCCCCCCC(Cl)C(CC)NC(=O)C(C(=O)c1ccc(OC)cc1)N1C(=O)C(OCC)N(Cc2ccccc2)C1=O. The molecule has 0 aliphatic carbocycles. The summed E-state index contributed by atoms with van der Waals surface area (Å²) in [5.74, 6) is -1.70. The molecule has 1 aliphatic rings. The number of ketones is 1. The fourth-order valence-corrected chi connectivity index (χ4v) is 5.77. The Balaban J connectivity index is 1.89. The molecule has 0 radical (unpaired) electrons. The van der Waals surface area contributed by atoms with Crippen LogP contribution in [0, 0.1) is 0 Å². The number of Topliss-reactive ketones (excluding diaryl/α,β-unsaturated/α-hetero) is 1. The number of imide groups is 1. The van der Waals surface area contributed by atoms with Gasteiger partial charge in [-0.05, 0) is 49.6 Å². The number of urea groups is 1. The molecule has 1 fully saturated rings. The van der Waals surface area contributed by atoms with E-state index < -0.39 is 41.9 Å². The molecule has 0 spiro atoms. The molecule has 0 saturated carbocycles. The van der Waals surface area contributed by atoms with Crippen molar-refractivity contribution in [1.82, 2.24) is 15.1 Å². The van der Waals surface area contributed by atoms with Crippen molar-refractivity contribution in [3.05, 3.63) is 65.7 Å². The van der Waals surface area contributed by atoms with Crippen LogP contribution in [0.1, 0.15) is 88.1 Å². The molecule has 10 heteroatoms. The van der Waals surface area contributed by atoms with Crippen molar-refractivity contribution in [2.45, 2.75) is 102 Å². The highest BCUT2D eigenvalue weighted by molar-refractivity contribution is 6.22. The first-order chi connectivity index (χ1) is 21.3. The van der Waals surface area contributed by atoms with Gasteiger partial charge in [-0.2, -0.15) is 0 Å². The molecular formula is C34H46ClN3O6. The predicted octanol–water partition coefficient (Wildman–Crippen LogP) is 6.33. The summed E-state index contributed by atoms with van der Waals surface area (Å²) in [6.45, 7) is 6.01. The van der Waals surface area contributed by atoms with Gasteiger partial charge in [0.25, 0.3) is 11.8 Å². The lowest BCUT2D eigenvalue weighted by molar-refractivity contribution is -0.145. The molecule has 3 rings (SSSR count). The average Bonchev–Trinajstić information content (AvgIpc) is 3.26. The van der Waals surface area contributed by atoms with Gasteiger partial charge in [-0.1, -0.05) is 82.7 Å². The van der Waals surface area contributed by atoms with Gasteiger partial charge in [0.15, 0.2) is 11.8 Å². The van der Waals surface area contributed by atoms with E-state index in [1.807, 2.05) is 37.3 Å². The summed E-state index contributed by atoms with van der Waals surface area (Å²) in [4.78, 5) is 57.7. The Morgan fingerprint density at radius 3 is 2.20 bits per heavy atom. The van der Waals surface area contributed by atoms with E-state index in [1.165, 1.54) is 43.4 Å². The second kappa shape index (κ2) is 17.8. The Bertz CT molecular complexity index is 1230. The van der Waals surface area contributed by atoms with E-state index in [-0.39, 0.29) is 24.1 Å².